The number of carbonyl (C=O) groups is 1. The number of amides is 1. The summed E-state index contributed by atoms with van der Waals surface area (Å²) in [5, 5.41) is 7.04. The van der Waals surface area contributed by atoms with Crippen LogP contribution in [0.1, 0.15) is 17.4 Å². The smallest absolute Gasteiger partial charge is 0.271 e. The van der Waals surface area contributed by atoms with Crippen LogP contribution in [0.4, 0.5) is 0 Å². The highest BCUT2D eigenvalue weighted by atomic mass is 32.2. The van der Waals surface area contributed by atoms with Crippen molar-refractivity contribution in [2.75, 3.05) is 51.6 Å². The predicted octanol–water partition coefficient (Wildman–Crippen LogP) is -1.03. The van der Waals surface area contributed by atoms with Gasteiger partial charge >= 0.3 is 0 Å². The Morgan fingerprint density at radius 2 is 2.04 bits per heavy atom. The molecule has 9 nitrogen and oxygen atoms in total. The predicted molar refractivity (Wildman–Crippen MR) is 87.5 cm³/mol. The third-order valence-electron chi connectivity index (χ3n) is 4.33. The zero-order chi connectivity index (χ0) is 17.2. The van der Waals surface area contributed by atoms with Crippen LogP contribution in [0.25, 0.3) is 0 Å². The van der Waals surface area contributed by atoms with E-state index in [4.69, 9.17) is 4.74 Å². The maximum Gasteiger partial charge on any atom is 0.271 e. The topological polar surface area (TPSA) is 96.8 Å². The molecule has 0 bridgehead atoms. The second-order valence-corrected chi connectivity index (χ2v) is 8.09. The van der Waals surface area contributed by atoms with Crippen molar-refractivity contribution in [3.8, 4) is 5.88 Å². The number of carbonyl (C=O) groups excluding carboxylic acids is 1. The van der Waals surface area contributed by atoms with Crippen molar-refractivity contribution in [2.24, 2.45) is 0 Å². The van der Waals surface area contributed by atoms with E-state index in [1.807, 2.05) is 0 Å². The Kier molecular flexibility index (Phi) is 5.07. The van der Waals surface area contributed by atoms with Crippen molar-refractivity contribution in [3.63, 3.8) is 0 Å². The van der Waals surface area contributed by atoms with Gasteiger partial charge in [0.1, 0.15) is 6.61 Å². The van der Waals surface area contributed by atoms with Gasteiger partial charge in [0.15, 0.2) is 5.69 Å². The molecule has 0 atom stereocenters. The standard InChI is InChI=1S/C14H23N5O4S/c1-2-24(21,22)18-7-5-17(6-8-18)4-3-15-14(20)12-11-13-19(16-12)9-10-23-13/h11H,2-10H2,1H3,(H,15,20). The lowest BCUT2D eigenvalue weighted by molar-refractivity contribution is 0.0939. The van der Waals surface area contributed by atoms with Gasteiger partial charge in [0, 0.05) is 45.3 Å². The zero-order valence-electron chi connectivity index (χ0n) is 13.8. The fourth-order valence-electron chi connectivity index (χ4n) is 2.86. The zero-order valence-corrected chi connectivity index (χ0v) is 14.6. The van der Waals surface area contributed by atoms with Crippen LogP contribution in [0.2, 0.25) is 0 Å². The van der Waals surface area contributed by atoms with E-state index in [0.29, 0.717) is 64.0 Å². The number of nitrogens with zero attached hydrogens (tertiary/aromatic N) is 4. The lowest BCUT2D eigenvalue weighted by atomic mass is 10.3. The molecule has 2 aliphatic heterocycles. The van der Waals surface area contributed by atoms with Crippen LogP contribution in [-0.4, -0.2) is 84.9 Å². The van der Waals surface area contributed by atoms with E-state index in [1.165, 1.54) is 4.31 Å². The number of nitrogens with one attached hydrogen (secondary N) is 1. The van der Waals surface area contributed by atoms with Crippen LogP contribution in [0, 0.1) is 0 Å². The Bertz CT molecular complexity index is 673. The summed E-state index contributed by atoms with van der Waals surface area (Å²) in [4.78, 5) is 14.2. The number of hydrogen-bond acceptors (Lipinski definition) is 6. The van der Waals surface area contributed by atoms with Crippen molar-refractivity contribution in [1.29, 1.82) is 0 Å². The van der Waals surface area contributed by atoms with Crippen molar-refractivity contribution in [2.45, 2.75) is 13.5 Å². The summed E-state index contributed by atoms with van der Waals surface area (Å²) >= 11 is 0. The fourth-order valence-corrected chi connectivity index (χ4v) is 3.94. The van der Waals surface area contributed by atoms with Gasteiger partial charge < -0.3 is 10.1 Å². The summed E-state index contributed by atoms with van der Waals surface area (Å²) < 4.78 is 32.2. The number of aromatic nitrogens is 2. The Morgan fingerprint density at radius 3 is 2.71 bits per heavy atom. The molecule has 0 saturated carbocycles. The molecule has 10 heteroatoms. The Labute approximate surface area is 141 Å². The molecule has 0 spiro atoms. The number of sulfonamides is 1. The van der Waals surface area contributed by atoms with Crippen LogP contribution in [-0.2, 0) is 16.6 Å². The summed E-state index contributed by atoms with van der Waals surface area (Å²) in [7, 11) is -3.10. The van der Waals surface area contributed by atoms with Gasteiger partial charge in [-0.3, -0.25) is 9.69 Å². The first-order valence-electron chi connectivity index (χ1n) is 8.18. The highest BCUT2D eigenvalue weighted by Gasteiger charge is 2.25. The number of hydrogen-bond donors (Lipinski definition) is 1. The van der Waals surface area contributed by atoms with E-state index in [0.717, 1.165) is 0 Å². The first-order chi connectivity index (χ1) is 11.5. The molecule has 3 rings (SSSR count). The van der Waals surface area contributed by atoms with Crippen LogP contribution >= 0.6 is 0 Å². The second kappa shape index (κ2) is 7.08. The third-order valence-corrected chi connectivity index (χ3v) is 6.21. The number of fused-ring (bicyclic) bond motifs is 1. The fraction of sp³-hybridized carbons (Fsp3) is 0.714. The van der Waals surface area contributed by atoms with E-state index in [-0.39, 0.29) is 11.7 Å². The van der Waals surface area contributed by atoms with Gasteiger partial charge in [-0.2, -0.15) is 9.40 Å². The van der Waals surface area contributed by atoms with Crippen LogP contribution in [0.3, 0.4) is 0 Å². The second-order valence-electron chi connectivity index (χ2n) is 5.84. The first kappa shape index (κ1) is 17.2. The monoisotopic (exact) mass is 357 g/mol. The molecule has 1 N–H and O–H groups in total. The summed E-state index contributed by atoms with van der Waals surface area (Å²) in [6, 6.07) is 1.65. The molecule has 0 unspecified atom stereocenters. The highest BCUT2D eigenvalue weighted by Crippen LogP contribution is 2.18. The summed E-state index contributed by atoms with van der Waals surface area (Å²) in [6.45, 7) is 6.51. The average Bonchev–Trinajstić information content (AvgIpc) is 3.17. The molecular formula is C14H23N5O4S. The van der Waals surface area contributed by atoms with E-state index < -0.39 is 10.0 Å². The minimum absolute atomic E-state index is 0.140. The number of piperazine rings is 1. The normalized spacial score (nSPS) is 19.0. The molecule has 1 aromatic rings. The van der Waals surface area contributed by atoms with Crippen molar-refractivity contribution < 1.29 is 17.9 Å². The molecule has 0 aromatic carbocycles. The molecule has 1 saturated heterocycles. The SMILES string of the molecule is CCS(=O)(=O)N1CCN(CCNC(=O)c2cc3n(n2)CCO3)CC1. The van der Waals surface area contributed by atoms with Gasteiger partial charge in [-0.15, -0.1) is 0 Å². The Balaban J connectivity index is 1.40. The van der Waals surface area contributed by atoms with Crippen LogP contribution in [0.5, 0.6) is 5.88 Å². The minimum atomic E-state index is -3.10. The molecule has 24 heavy (non-hydrogen) atoms. The van der Waals surface area contributed by atoms with Crippen molar-refractivity contribution >= 4 is 15.9 Å². The maximum absolute atomic E-state index is 12.1. The van der Waals surface area contributed by atoms with E-state index in [1.54, 1.807) is 17.7 Å². The minimum Gasteiger partial charge on any atom is -0.476 e. The van der Waals surface area contributed by atoms with E-state index >= 15 is 0 Å². The molecule has 3 heterocycles. The number of rotatable bonds is 6. The van der Waals surface area contributed by atoms with Gasteiger partial charge in [-0.1, -0.05) is 0 Å². The quantitative estimate of drug-likeness (QED) is 0.699. The summed E-state index contributed by atoms with van der Waals surface area (Å²) in [6.07, 6.45) is 0. The molecule has 0 radical (unpaired) electrons. The lowest BCUT2D eigenvalue weighted by Crippen LogP contribution is -2.50. The van der Waals surface area contributed by atoms with E-state index in [2.05, 4.69) is 15.3 Å². The Morgan fingerprint density at radius 1 is 1.29 bits per heavy atom. The summed E-state index contributed by atoms with van der Waals surface area (Å²) in [5.74, 6) is 0.558. The molecular weight excluding hydrogens is 334 g/mol. The van der Waals surface area contributed by atoms with Crippen LogP contribution in [0.15, 0.2) is 6.07 Å². The highest BCUT2D eigenvalue weighted by molar-refractivity contribution is 7.89. The van der Waals surface area contributed by atoms with Gasteiger partial charge in [0.05, 0.1) is 12.3 Å². The largest absolute Gasteiger partial charge is 0.476 e. The molecule has 1 aromatic heterocycles. The van der Waals surface area contributed by atoms with Gasteiger partial charge in [0.25, 0.3) is 5.91 Å². The maximum atomic E-state index is 12.1. The first-order valence-corrected chi connectivity index (χ1v) is 9.79. The lowest BCUT2D eigenvalue weighted by Gasteiger charge is -2.33. The summed E-state index contributed by atoms with van der Waals surface area (Å²) in [5.41, 5.74) is 0.364. The van der Waals surface area contributed by atoms with Crippen molar-refractivity contribution in [1.82, 2.24) is 24.3 Å². The van der Waals surface area contributed by atoms with Gasteiger partial charge in [-0.25, -0.2) is 13.1 Å². The number of ether oxygens (including phenoxy) is 1. The molecule has 134 valence electrons. The van der Waals surface area contributed by atoms with Crippen molar-refractivity contribution in [3.05, 3.63) is 11.8 Å². The van der Waals surface area contributed by atoms with E-state index in [9.17, 15) is 13.2 Å². The average molecular weight is 357 g/mol. The Hall–Kier alpha value is -1.65. The molecule has 1 fully saturated rings. The molecule has 2 aliphatic rings. The molecule has 0 aliphatic carbocycles. The van der Waals surface area contributed by atoms with Gasteiger partial charge in [0.2, 0.25) is 15.9 Å². The van der Waals surface area contributed by atoms with Crippen LogP contribution < -0.4 is 10.1 Å². The van der Waals surface area contributed by atoms with Gasteiger partial charge in [-0.05, 0) is 6.92 Å². The third kappa shape index (κ3) is 3.70. The molecule has 1 amide bonds.